The van der Waals surface area contributed by atoms with Crippen LogP contribution in [0.25, 0.3) is 16.7 Å². The molecule has 0 aliphatic heterocycles. The normalized spacial score (nSPS) is 11.9. The molecule has 0 aromatic heterocycles. The number of benzene rings is 3. The molecule has 0 bridgehead atoms. The van der Waals surface area contributed by atoms with Gasteiger partial charge in [0.1, 0.15) is 6.07 Å². The maximum absolute atomic E-state index is 13.0. The van der Waals surface area contributed by atoms with Gasteiger partial charge in [-0.05, 0) is 41.0 Å². The highest BCUT2D eigenvalue weighted by Crippen LogP contribution is 2.32. The summed E-state index contributed by atoms with van der Waals surface area (Å²) in [5.41, 5.74) is 5.19. The summed E-state index contributed by atoms with van der Waals surface area (Å²) in [4.78, 5) is 15.0. The molecule has 4 heteroatoms. The quantitative estimate of drug-likeness (QED) is 0.502. The predicted molar refractivity (Wildman–Crippen MR) is 132 cm³/mol. The van der Waals surface area contributed by atoms with E-state index in [1.54, 1.807) is 12.1 Å². The van der Waals surface area contributed by atoms with E-state index in [1.807, 2.05) is 94.4 Å². The van der Waals surface area contributed by atoms with Crippen LogP contribution in [-0.2, 0) is 0 Å². The van der Waals surface area contributed by atoms with Crippen LogP contribution in [0.2, 0.25) is 0 Å². The minimum atomic E-state index is -0.428. The number of amides is 1. The molecule has 0 saturated heterocycles. The molecule has 0 atom stereocenters. The van der Waals surface area contributed by atoms with Gasteiger partial charge in [0.05, 0.1) is 5.57 Å². The van der Waals surface area contributed by atoms with Gasteiger partial charge in [-0.25, -0.2) is 0 Å². The van der Waals surface area contributed by atoms with Gasteiger partial charge >= 0.3 is 0 Å². The van der Waals surface area contributed by atoms with E-state index in [0.29, 0.717) is 16.8 Å². The van der Waals surface area contributed by atoms with Crippen LogP contribution in [-0.4, -0.2) is 20.0 Å². The molecule has 32 heavy (non-hydrogen) atoms. The maximum atomic E-state index is 13.0. The molecule has 0 fully saturated rings. The Morgan fingerprint density at radius 2 is 1.34 bits per heavy atom. The third-order valence-electron chi connectivity index (χ3n) is 5.28. The summed E-state index contributed by atoms with van der Waals surface area (Å²) in [6.45, 7) is 5.98. The van der Waals surface area contributed by atoms with Crippen molar-refractivity contribution in [1.82, 2.24) is 5.32 Å². The Kier molecular flexibility index (Phi) is 6.80. The van der Waals surface area contributed by atoms with Crippen molar-refractivity contribution in [3.05, 3.63) is 95.7 Å². The second kappa shape index (κ2) is 9.53. The monoisotopic (exact) mass is 423 g/mol. The molecular formula is C28H29N3O. The maximum Gasteiger partial charge on any atom is 0.255 e. The van der Waals surface area contributed by atoms with Crippen LogP contribution in [0, 0.1) is 16.7 Å². The van der Waals surface area contributed by atoms with E-state index in [2.05, 4.69) is 23.5 Å². The molecule has 3 aromatic carbocycles. The second-order valence-electron chi connectivity index (χ2n) is 8.95. The van der Waals surface area contributed by atoms with Crippen LogP contribution in [0.1, 0.15) is 36.7 Å². The topological polar surface area (TPSA) is 56.1 Å². The number of allylic oxidation sites excluding steroid dienone is 2. The Morgan fingerprint density at radius 1 is 0.812 bits per heavy atom. The summed E-state index contributed by atoms with van der Waals surface area (Å²) in [6, 6.07) is 27.7. The van der Waals surface area contributed by atoms with E-state index < -0.39 is 5.41 Å². The van der Waals surface area contributed by atoms with E-state index in [4.69, 9.17) is 0 Å². The van der Waals surface area contributed by atoms with Crippen molar-refractivity contribution in [2.24, 2.45) is 5.41 Å². The van der Waals surface area contributed by atoms with Gasteiger partial charge in [-0.1, -0.05) is 75.4 Å². The van der Waals surface area contributed by atoms with E-state index in [0.717, 1.165) is 22.4 Å². The molecule has 0 aliphatic carbocycles. The number of anilines is 1. The highest BCUT2D eigenvalue weighted by atomic mass is 16.1. The number of rotatable bonds is 5. The molecule has 1 N–H and O–H groups in total. The van der Waals surface area contributed by atoms with Crippen LogP contribution in [0.15, 0.2) is 84.6 Å². The van der Waals surface area contributed by atoms with Gasteiger partial charge < -0.3 is 10.2 Å². The van der Waals surface area contributed by atoms with E-state index >= 15 is 0 Å². The first kappa shape index (κ1) is 22.8. The third kappa shape index (κ3) is 5.25. The Bertz CT molecular complexity index is 1140. The minimum absolute atomic E-state index is 0.228. The lowest BCUT2D eigenvalue weighted by Gasteiger charge is -2.26. The zero-order chi connectivity index (χ0) is 23.3. The van der Waals surface area contributed by atoms with Crippen molar-refractivity contribution in [3.8, 4) is 17.2 Å². The average Bonchev–Trinajstić information content (AvgIpc) is 2.79. The number of nitrogens with zero attached hydrogens (tertiary/aromatic N) is 2. The van der Waals surface area contributed by atoms with Gasteiger partial charge in [-0.3, -0.25) is 4.79 Å². The Labute approximate surface area is 190 Å². The Hall–Kier alpha value is -3.84. The number of hydrogen-bond donors (Lipinski definition) is 1. The molecule has 0 unspecified atom stereocenters. The summed E-state index contributed by atoms with van der Waals surface area (Å²) in [7, 11) is 3.91. The van der Waals surface area contributed by atoms with Crippen LogP contribution in [0.3, 0.4) is 0 Å². The highest BCUT2D eigenvalue weighted by molar-refractivity contribution is 5.97. The van der Waals surface area contributed by atoms with Gasteiger partial charge in [-0.15, -0.1) is 0 Å². The second-order valence-corrected chi connectivity index (χ2v) is 8.95. The zero-order valence-electron chi connectivity index (χ0n) is 19.3. The van der Waals surface area contributed by atoms with Crippen LogP contribution in [0.4, 0.5) is 5.69 Å². The number of hydrogen-bond acceptors (Lipinski definition) is 3. The minimum Gasteiger partial charge on any atom is -0.378 e. The summed E-state index contributed by atoms with van der Waals surface area (Å²) >= 11 is 0. The molecule has 4 nitrogen and oxygen atoms in total. The van der Waals surface area contributed by atoms with Gasteiger partial charge in [0, 0.05) is 36.5 Å². The molecule has 0 saturated carbocycles. The highest BCUT2D eigenvalue weighted by Gasteiger charge is 2.25. The lowest BCUT2D eigenvalue weighted by atomic mass is 9.86. The van der Waals surface area contributed by atoms with Crippen LogP contribution < -0.4 is 10.2 Å². The molecule has 3 rings (SSSR count). The lowest BCUT2D eigenvalue weighted by Crippen LogP contribution is -2.31. The summed E-state index contributed by atoms with van der Waals surface area (Å²) in [6.07, 6.45) is 0. The van der Waals surface area contributed by atoms with Crippen molar-refractivity contribution in [2.75, 3.05) is 19.0 Å². The molecule has 0 heterocycles. The Balaban J connectivity index is 1.95. The van der Waals surface area contributed by atoms with Crippen molar-refractivity contribution in [1.29, 1.82) is 5.26 Å². The molecule has 1 amide bonds. The van der Waals surface area contributed by atoms with Crippen molar-refractivity contribution in [2.45, 2.75) is 20.8 Å². The van der Waals surface area contributed by atoms with Crippen LogP contribution >= 0.6 is 0 Å². The standard InChI is InChI=1S/C28H29N3O/c1-28(2,3)26(30-27(32)23-15-17-24(18-16-23)31(4)5)25(19-29)22-13-11-21(12-14-22)20-9-7-6-8-10-20/h6-18H,1-5H3,(H,30,32). The fourth-order valence-corrected chi connectivity index (χ4v) is 3.45. The number of carbonyl (C=O) groups is 1. The van der Waals surface area contributed by atoms with Crippen molar-refractivity contribution < 1.29 is 4.79 Å². The first-order chi connectivity index (χ1) is 15.2. The number of nitriles is 1. The lowest BCUT2D eigenvalue weighted by molar-refractivity contribution is 0.0958. The van der Waals surface area contributed by atoms with Crippen LogP contribution in [0.5, 0.6) is 0 Å². The molecule has 0 radical (unpaired) electrons. The zero-order valence-corrected chi connectivity index (χ0v) is 19.3. The SMILES string of the molecule is CN(C)c1ccc(C(=O)NC(=C(C#N)c2ccc(-c3ccccc3)cc2)C(C)(C)C)cc1. The molecular weight excluding hydrogens is 394 g/mol. The molecule has 3 aromatic rings. The summed E-state index contributed by atoms with van der Waals surface area (Å²) in [5, 5.41) is 13.0. The summed E-state index contributed by atoms with van der Waals surface area (Å²) < 4.78 is 0. The first-order valence-electron chi connectivity index (χ1n) is 10.6. The number of nitrogens with one attached hydrogen (secondary N) is 1. The van der Waals surface area contributed by atoms with E-state index in [-0.39, 0.29) is 5.91 Å². The largest absolute Gasteiger partial charge is 0.378 e. The van der Waals surface area contributed by atoms with E-state index in [9.17, 15) is 10.1 Å². The summed E-state index contributed by atoms with van der Waals surface area (Å²) in [5.74, 6) is -0.228. The first-order valence-corrected chi connectivity index (χ1v) is 10.6. The van der Waals surface area contributed by atoms with Crippen molar-refractivity contribution >= 4 is 17.2 Å². The van der Waals surface area contributed by atoms with Crippen molar-refractivity contribution in [3.63, 3.8) is 0 Å². The average molecular weight is 424 g/mol. The van der Waals surface area contributed by atoms with Gasteiger partial charge in [-0.2, -0.15) is 5.26 Å². The van der Waals surface area contributed by atoms with Gasteiger partial charge in [0.25, 0.3) is 5.91 Å². The third-order valence-corrected chi connectivity index (χ3v) is 5.28. The number of carbonyl (C=O) groups excluding carboxylic acids is 1. The Morgan fingerprint density at radius 3 is 1.84 bits per heavy atom. The fourth-order valence-electron chi connectivity index (χ4n) is 3.45. The van der Waals surface area contributed by atoms with E-state index in [1.165, 1.54) is 0 Å². The fraction of sp³-hybridized carbons (Fsp3) is 0.214. The molecule has 162 valence electrons. The van der Waals surface area contributed by atoms with Gasteiger partial charge in [0.2, 0.25) is 0 Å². The molecule has 0 aliphatic rings. The smallest absolute Gasteiger partial charge is 0.255 e. The molecule has 0 spiro atoms. The van der Waals surface area contributed by atoms with Gasteiger partial charge in [0.15, 0.2) is 0 Å². The predicted octanol–water partition coefficient (Wildman–Crippen LogP) is 6.13.